The van der Waals surface area contributed by atoms with Gasteiger partial charge in [0.2, 0.25) is 5.91 Å². The lowest BCUT2D eigenvalue weighted by Crippen LogP contribution is -2.30. The number of hydrogen-bond acceptors (Lipinski definition) is 2. The molecule has 1 saturated heterocycles. The standard InChI is InChI=1S/C6H10ClNOS/c7-5(6(8)9)4-1-2-10-3-4/h4-5H,1-3H2,(H2,8,9). The third-order valence-corrected chi connectivity index (χ3v) is 3.41. The maximum absolute atomic E-state index is 10.6. The van der Waals surface area contributed by atoms with Crippen LogP contribution in [0.5, 0.6) is 0 Å². The van der Waals surface area contributed by atoms with Crippen molar-refractivity contribution in [2.45, 2.75) is 11.8 Å². The van der Waals surface area contributed by atoms with Crippen LogP contribution in [0.25, 0.3) is 0 Å². The Kier molecular flexibility index (Phi) is 2.86. The molecular weight excluding hydrogens is 170 g/mol. The van der Waals surface area contributed by atoms with Crippen molar-refractivity contribution < 1.29 is 4.79 Å². The molecule has 1 amide bonds. The fraction of sp³-hybridized carbons (Fsp3) is 0.833. The van der Waals surface area contributed by atoms with Crippen LogP contribution >= 0.6 is 23.4 Å². The maximum Gasteiger partial charge on any atom is 0.235 e. The minimum Gasteiger partial charge on any atom is -0.368 e. The summed E-state index contributed by atoms with van der Waals surface area (Å²) in [6.07, 6.45) is 1.03. The molecule has 2 nitrogen and oxygen atoms in total. The van der Waals surface area contributed by atoms with Crippen LogP contribution in [0.3, 0.4) is 0 Å². The molecule has 0 aliphatic carbocycles. The Morgan fingerprint density at radius 2 is 2.50 bits per heavy atom. The summed E-state index contributed by atoms with van der Waals surface area (Å²) in [4.78, 5) is 10.6. The van der Waals surface area contributed by atoms with Crippen molar-refractivity contribution in [3.63, 3.8) is 0 Å². The lowest BCUT2D eigenvalue weighted by atomic mass is 10.0. The van der Waals surface area contributed by atoms with Gasteiger partial charge < -0.3 is 5.73 Å². The zero-order valence-electron chi connectivity index (χ0n) is 5.55. The van der Waals surface area contributed by atoms with E-state index in [1.807, 2.05) is 11.8 Å². The molecule has 10 heavy (non-hydrogen) atoms. The molecule has 0 saturated carbocycles. The summed E-state index contributed by atoms with van der Waals surface area (Å²) in [6, 6.07) is 0. The summed E-state index contributed by atoms with van der Waals surface area (Å²) in [5.74, 6) is 2.02. The second kappa shape index (κ2) is 3.49. The zero-order chi connectivity index (χ0) is 7.56. The first kappa shape index (κ1) is 8.21. The average Bonchev–Trinajstić information content (AvgIpc) is 2.36. The molecule has 2 unspecified atom stereocenters. The van der Waals surface area contributed by atoms with Gasteiger partial charge in [-0.25, -0.2) is 0 Å². The summed E-state index contributed by atoms with van der Waals surface area (Å²) >= 11 is 7.57. The summed E-state index contributed by atoms with van der Waals surface area (Å²) in [7, 11) is 0. The van der Waals surface area contributed by atoms with Crippen molar-refractivity contribution in [1.82, 2.24) is 0 Å². The molecule has 2 N–H and O–H groups in total. The van der Waals surface area contributed by atoms with E-state index in [2.05, 4.69) is 0 Å². The highest BCUT2D eigenvalue weighted by Gasteiger charge is 2.27. The quantitative estimate of drug-likeness (QED) is 0.639. The largest absolute Gasteiger partial charge is 0.368 e. The normalized spacial score (nSPS) is 28.3. The molecule has 1 heterocycles. The molecule has 1 aliphatic rings. The van der Waals surface area contributed by atoms with Gasteiger partial charge in [-0.2, -0.15) is 11.8 Å². The zero-order valence-corrected chi connectivity index (χ0v) is 7.12. The lowest BCUT2D eigenvalue weighted by Gasteiger charge is -2.10. The number of alkyl halides is 1. The fourth-order valence-electron chi connectivity index (χ4n) is 1.02. The van der Waals surface area contributed by atoms with E-state index in [4.69, 9.17) is 17.3 Å². The molecule has 0 aromatic rings. The molecule has 1 rings (SSSR count). The number of halogens is 1. The van der Waals surface area contributed by atoms with Gasteiger partial charge in [0.1, 0.15) is 5.38 Å². The summed E-state index contributed by atoms with van der Waals surface area (Å²) in [6.45, 7) is 0. The van der Waals surface area contributed by atoms with Gasteiger partial charge in [-0.3, -0.25) is 4.79 Å². The number of carbonyl (C=O) groups is 1. The lowest BCUT2D eigenvalue weighted by molar-refractivity contribution is -0.118. The molecule has 0 aromatic carbocycles. The first-order chi connectivity index (χ1) is 4.72. The number of carbonyl (C=O) groups excluding carboxylic acids is 1. The maximum atomic E-state index is 10.6. The number of nitrogens with two attached hydrogens (primary N) is 1. The Morgan fingerprint density at radius 1 is 1.80 bits per heavy atom. The van der Waals surface area contributed by atoms with Crippen LogP contribution < -0.4 is 5.73 Å². The van der Waals surface area contributed by atoms with E-state index in [0.717, 1.165) is 17.9 Å². The van der Waals surface area contributed by atoms with E-state index in [1.165, 1.54) is 0 Å². The van der Waals surface area contributed by atoms with Gasteiger partial charge in [-0.05, 0) is 23.8 Å². The fourth-order valence-corrected chi connectivity index (χ4v) is 2.63. The Morgan fingerprint density at radius 3 is 2.90 bits per heavy atom. The predicted octanol–water partition coefficient (Wildman–Crippen LogP) is 0.832. The molecule has 1 aliphatic heterocycles. The monoisotopic (exact) mass is 179 g/mol. The molecule has 1 fully saturated rings. The first-order valence-electron chi connectivity index (χ1n) is 3.23. The van der Waals surface area contributed by atoms with Crippen LogP contribution in [-0.2, 0) is 4.79 Å². The van der Waals surface area contributed by atoms with E-state index in [1.54, 1.807) is 0 Å². The van der Waals surface area contributed by atoms with Gasteiger partial charge in [-0.15, -0.1) is 11.6 Å². The second-order valence-corrected chi connectivity index (χ2v) is 4.05. The smallest absolute Gasteiger partial charge is 0.235 e. The Hall–Kier alpha value is 0.110. The van der Waals surface area contributed by atoms with E-state index >= 15 is 0 Å². The highest BCUT2D eigenvalue weighted by Crippen LogP contribution is 2.28. The van der Waals surface area contributed by atoms with Crippen LogP contribution in [0.2, 0.25) is 0 Å². The minimum atomic E-state index is -0.449. The van der Waals surface area contributed by atoms with Crippen molar-refractivity contribution in [2.24, 2.45) is 11.7 Å². The summed E-state index contributed by atoms with van der Waals surface area (Å²) < 4.78 is 0. The Bertz CT molecular complexity index is 136. The highest BCUT2D eigenvalue weighted by atomic mass is 35.5. The van der Waals surface area contributed by atoms with Crippen molar-refractivity contribution >= 4 is 29.3 Å². The topological polar surface area (TPSA) is 43.1 Å². The van der Waals surface area contributed by atoms with E-state index < -0.39 is 5.38 Å². The van der Waals surface area contributed by atoms with Gasteiger partial charge in [0.05, 0.1) is 0 Å². The highest BCUT2D eigenvalue weighted by molar-refractivity contribution is 7.99. The molecule has 0 aromatic heterocycles. The first-order valence-corrected chi connectivity index (χ1v) is 4.82. The molecule has 0 bridgehead atoms. The molecule has 0 spiro atoms. The third kappa shape index (κ3) is 1.80. The molecule has 2 atom stereocenters. The molecule has 0 radical (unpaired) electrons. The van der Waals surface area contributed by atoms with Crippen LogP contribution in [-0.4, -0.2) is 22.8 Å². The van der Waals surface area contributed by atoms with Gasteiger partial charge >= 0.3 is 0 Å². The number of thioether (sulfide) groups is 1. The summed E-state index contributed by atoms with van der Waals surface area (Å²) in [5, 5.41) is -0.449. The van der Waals surface area contributed by atoms with Crippen LogP contribution in [0.1, 0.15) is 6.42 Å². The van der Waals surface area contributed by atoms with Gasteiger partial charge in [0.25, 0.3) is 0 Å². The number of hydrogen-bond donors (Lipinski definition) is 1. The van der Waals surface area contributed by atoms with Crippen molar-refractivity contribution in [3.8, 4) is 0 Å². The molecule has 58 valence electrons. The van der Waals surface area contributed by atoms with Crippen LogP contribution in [0, 0.1) is 5.92 Å². The van der Waals surface area contributed by atoms with E-state index in [-0.39, 0.29) is 5.91 Å². The van der Waals surface area contributed by atoms with Gasteiger partial charge in [-0.1, -0.05) is 0 Å². The second-order valence-electron chi connectivity index (χ2n) is 2.43. The average molecular weight is 180 g/mol. The minimum absolute atomic E-state index is 0.309. The van der Waals surface area contributed by atoms with Crippen LogP contribution in [0.4, 0.5) is 0 Å². The molecular formula is C6H10ClNOS. The van der Waals surface area contributed by atoms with Gasteiger partial charge in [0.15, 0.2) is 0 Å². The van der Waals surface area contributed by atoms with E-state index in [9.17, 15) is 4.79 Å². The Balaban J connectivity index is 2.39. The number of primary amides is 1. The van der Waals surface area contributed by atoms with Crippen molar-refractivity contribution in [1.29, 1.82) is 0 Å². The number of rotatable bonds is 2. The van der Waals surface area contributed by atoms with Crippen molar-refractivity contribution in [2.75, 3.05) is 11.5 Å². The SMILES string of the molecule is NC(=O)C(Cl)C1CCSC1. The summed E-state index contributed by atoms with van der Waals surface area (Å²) in [5.41, 5.74) is 5.04. The predicted molar refractivity (Wildman–Crippen MR) is 44.3 cm³/mol. The third-order valence-electron chi connectivity index (χ3n) is 1.65. The van der Waals surface area contributed by atoms with Crippen molar-refractivity contribution in [3.05, 3.63) is 0 Å². The van der Waals surface area contributed by atoms with Crippen LogP contribution in [0.15, 0.2) is 0 Å². The number of amides is 1. The van der Waals surface area contributed by atoms with Gasteiger partial charge in [0, 0.05) is 0 Å². The Labute approximate surface area is 69.5 Å². The molecule has 4 heteroatoms. The van der Waals surface area contributed by atoms with E-state index in [0.29, 0.717) is 5.92 Å².